The van der Waals surface area contributed by atoms with Crippen LogP contribution in [0.15, 0.2) is 48.5 Å². The van der Waals surface area contributed by atoms with Crippen molar-refractivity contribution in [3.8, 4) is 0 Å². The summed E-state index contributed by atoms with van der Waals surface area (Å²) in [7, 11) is 0. The van der Waals surface area contributed by atoms with Gasteiger partial charge in [0, 0.05) is 37.5 Å². The Kier molecular flexibility index (Phi) is 7.24. The average molecular weight is 487 g/mol. The molecule has 0 radical (unpaired) electrons. The van der Waals surface area contributed by atoms with Gasteiger partial charge in [-0.15, -0.1) is 0 Å². The summed E-state index contributed by atoms with van der Waals surface area (Å²) in [6.07, 6.45) is 2.91. The molecule has 1 amide bonds. The predicted octanol–water partition coefficient (Wildman–Crippen LogP) is 5.25. The number of aliphatic hydroxyl groups is 1. The first-order chi connectivity index (χ1) is 17.4. The molecule has 2 aromatic carbocycles. The second kappa shape index (κ2) is 10.6. The zero-order valence-corrected chi connectivity index (χ0v) is 21.7. The Hall–Kier alpha value is -2.99. The zero-order chi connectivity index (χ0) is 25.2. The van der Waals surface area contributed by atoms with E-state index in [1.165, 1.54) is 5.56 Å². The van der Waals surface area contributed by atoms with Crippen molar-refractivity contribution in [1.29, 1.82) is 0 Å². The summed E-state index contributed by atoms with van der Waals surface area (Å²) >= 11 is 0. The van der Waals surface area contributed by atoms with Crippen LogP contribution in [0.3, 0.4) is 0 Å². The molecule has 6 nitrogen and oxygen atoms in total. The summed E-state index contributed by atoms with van der Waals surface area (Å²) in [5.41, 5.74) is 4.28. The standard InChI is InChI=1S/C30H38N4O2/c1-20(2)25-9-10-27-26(19-25)21(3)31-30(32-27)34-17-13-24(14-18-34)29(36)33-15-11-23(12-16-33)28(35)22-7-5-4-6-8-22/h4-10,19-20,23-24,28,35H,11-18H2,1-3H3/t28-/m0/s1. The number of hydrogen-bond acceptors (Lipinski definition) is 5. The SMILES string of the molecule is Cc1nc(N2CCC(C(=O)N3CCC([C@@H](O)c4ccccc4)CC3)CC2)nc2ccc(C(C)C)cc12. The molecular weight excluding hydrogens is 448 g/mol. The lowest BCUT2D eigenvalue weighted by Crippen LogP contribution is -2.46. The van der Waals surface area contributed by atoms with Gasteiger partial charge in [-0.2, -0.15) is 0 Å². The lowest BCUT2D eigenvalue weighted by atomic mass is 9.86. The molecule has 0 bridgehead atoms. The first-order valence-corrected chi connectivity index (χ1v) is 13.5. The fourth-order valence-electron chi connectivity index (χ4n) is 5.73. The number of nitrogens with zero attached hydrogens (tertiary/aromatic N) is 4. The number of piperidine rings is 2. The van der Waals surface area contributed by atoms with Gasteiger partial charge in [-0.25, -0.2) is 9.97 Å². The maximum atomic E-state index is 13.3. The van der Waals surface area contributed by atoms with Crippen molar-refractivity contribution in [3.05, 3.63) is 65.4 Å². The number of anilines is 1. The van der Waals surface area contributed by atoms with Crippen LogP contribution in [0.5, 0.6) is 0 Å². The van der Waals surface area contributed by atoms with Crippen LogP contribution >= 0.6 is 0 Å². The Morgan fingerprint density at radius 1 is 0.917 bits per heavy atom. The third kappa shape index (κ3) is 5.10. The lowest BCUT2D eigenvalue weighted by molar-refractivity contribution is -0.138. The van der Waals surface area contributed by atoms with E-state index in [-0.39, 0.29) is 17.7 Å². The molecular formula is C30H38N4O2. The lowest BCUT2D eigenvalue weighted by Gasteiger charge is -2.38. The van der Waals surface area contributed by atoms with Crippen LogP contribution < -0.4 is 4.90 Å². The van der Waals surface area contributed by atoms with Crippen molar-refractivity contribution in [2.45, 2.75) is 58.5 Å². The van der Waals surface area contributed by atoms with Crippen LogP contribution in [-0.4, -0.2) is 52.1 Å². The zero-order valence-electron chi connectivity index (χ0n) is 21.7. The fraction of sp³-hybridized carbons (Fsp3) is 0.500. The van der Waals surface area contributed by atoms with Crippen LogP contribution in [-0.2, 0) is 4.79 Å². The minimum atomic E-state index is -0.450. The van der Waals surface area contributed by atoms with Crippen LogP contribution in [0.2, 0.25) is 0 Å². The molecule has 0 unspecified atom stereocenters. The molecule has 3 aromatic rings. The number of aliphatic hydroxyl groups excluding tert-OH is 1. The van der Waals surface area contributed by atoms with Crippen LogP contribution in [0.25, 0.3) is 10.9 Å². The van der Waals surface area contributed by atoms with E-state index in [1.807, 2.05) is 35.2 Å². The van der Waals surface area contributed by atoms with Crippen molar-refractivity contribution in [2.24, 2.45) is 11.8 Å². The maximum absolute atomic E-state index is 13.3. The largest absolute Gasteiger partial charge is 0.388 e. The number of amides is 1. The smallest absolute Gasteiger partial charge is 0.226 e. The van der Waals surface area contributed by atoms with Gasteiger partial charge in [0.05, 0.1) is 17.3 Å². The van der Waals surface area contributed by atoms with E-state index in [9.17, 15) is 9.90 Å². The molecule has 0 spiro atoms. The number of likely N-dealkylation sites (tertiary alicyclic amines) is 1. The van der Waals surface area contributed by atoms with Gasteiger partial charge >= 0.3 is 0 Å². The van der Waals surface area contributed by atoms with E-state index in [2.05, 4.69) is 43.9 Å². The summed E-state index contributed by atoms with van der Waals surface area (Å²) in [6, 6.07) is 16.4. The van der Waals surface area contributed by atoms with Gasteiger partial charge in [-0.1, -0.05) is 50.2 Å². The van der Waals surface area contributed by atoms with E-state index in [0.717, 1.165) is 80.0 Å². The first-order valence-electron chi connectivity index (χ1n) is 13.5. The molecule has 1 atom stereocenters. The van der Waals surface area contributed by atoms with Gasteiger partial charge in [-0.05, 0) is 67.7 Å². The monoisotopic (exact) mass is 486 g/mol. The van der Waals surface area contributed by atoms with Crippen molar-refractivity contribution in [2.75, 3.05) is 31.1 Å². The first kappa shape index (κ1) is 24.7. The average Bonchev–Trinajstić information content (AvgIpc) is 2.92. The Morgan fingerprint density at radius 3 is 2.28 bits per heavy atom. The molecule has 6 heteroatoms. The highest BCUT2D eigenvalue weighted by molar-refractivity contribution is 5.83. The van der Waals surface area contributed by atoms with E-state index in [1.54, 1.807) is 0 Å². The van der Waals surface area contributed by atoms with E-state index in [4.69, 9.17) is 9.97 Å². The molecule has 2 aliphatic rings. The van der Waals surface area contributed by atoms with E-state index >= 15 is 0 Å². The van der Waals surface area contributed by atoms with Crippen molar-refractivity contribution in [3.63, 3.8) is 0 Å². The molecule has 190 valence electrons. The molecule has 2 aliphatic heterocycles. The predicted molar refractivity (Wildman–Crippen MR) is 144 cm³/mol. The molecule has 2 fully saturated rings. The quantitative estimate of drug-likeness (QED) is 0.533. The molecule has 3 heterocycles. The number of benzene rings is 2. The second-order valence-electron chi connectivity index (χ2n) is 10.8. The van der Waals surface area contributed by atoms with Crippen molar-refractivity contribution in [1.82, 2.24) is 14.9 Å². The summed E-state index contributed by atoms with van der Waals surface area (Å²) < 4.78 is 0. The van der Waals surface area contributed by atoms with Crippen LogP contribution in [0, 0.1) is 18.8 Å². The van der Waals surface area contributed by atoms with Crippen LogP contribution in [0.1, 0.15) is 68.4 Å². The van der Waals surface area contributed by atoms with Gasteiger partial charge in [-0.3, -0.25) is 4.79 Å². The number of carbonyl (C=O) groups excluding carboxylic acids is 1. The third-order valence-electron chi connectivity index (χ3n) is 8.13. The molecule has 1 aromatic heterocycles. The van der Waals surface area contributed by atoms with Gasteiger partial charge < -0.3 is 14.9 Å². The van der Waals surface area contributed by atoms with Gasteiger partial charge in [0.1, 0.15) is 0 Å². The highest BCUT2D eigenvalue weighted by Gasteiger charge is 2.33. The molecule has 1 N–H and O–H groups in total. The second-order valence-corrected chi connectivity index (χ2v) is 10.8. The normalized spacial score (nSPS) is 18.7. The molecule has 0 aliphatic carbocycles. The topological polar surface area (TPSA) is 69.6 Å². The minimum absolute atomic E-state index is 0.0620. The summed E-state index contributed by atoms with van der Waals surface area (Å²) in [5, 5.41) is 11.9. The fourth-order valence-corrected chi connectivity index (χ4v) is 5.73. The molecule has 2 saturated heterocycles. The van der Waals surface area contributed by atoms with E-state index in [0.29, 0.717) is 5.92 Å². The number of rotatable bonds is 5. The Morgan fingerprint density at radius 2 is 1.61 bits per heavy atom. The number of carbonyl (C=O) groups is 1. The summed E-state index contributed by atoms with van der Waals surface area (Å²) in [5.74, 6) is 1.80. The Labute approximate surface area is 214 Å². The Bertz CT molecular complexity index is 1200. The molecule has 36 heavy (non-hydrogen) atoms. The third-order valence-corrected chi connectivity index (χ3v) is 8.13. The highest BCUT2D eigenvalue weighted by Crippen LogP contribution is 2.32. The summed E-state index contributed by atoms with van der Waals surface area (Å²) in [4.78, 5) is 27.2. The number of aryl methyl sites for hydroxylation is 1. The van der Waals surface area contributed by atoms with E-state index < -0.39 is 6.10 Å². The molecule has 0 saturated carbocycles. The molecule has 5 rings (SSSR count). The maximum Gasteiger partial charge on any atom is 0.226 e. The highest BCUT2D eigenvalue weighted by atomic mass is 16.3. The van der Waals surface area contributed by atoms with Gasteiger partial charge in [0.2, 0.25) is 11.9 Å². The number of aromatic nitrogens is 2. The van der Waals surface area contributed by atoms with Crippen LogP contribution in [0.4, 0.5) is 5.95 Å². The number of hydrogen-bond donors (Lipinski definition) is 1. The van der Waals surface area contributed by atoms with Gasteiger partial charge in [0.15, 0.2) is 0 Å². The van der Waals surface area contributed by atoms with Crippen molar-refractivity contribution < 1.29 is 9.90 Å². The minimum Gasteiger partial charge on any atom is -0.388 e. The number of fused-ring (bicyclic) bond motifs is 1. The van der Waals surface area contributed by atoms with Crippen molar-refractivity contribution >= 4 is 22.8 Å². The Balaban J connectivity index is 1.17. The summed E-state index contributed by atoms with van der Waals surface area (Å²) in [6.45, 7) is 9.54. The van der Waals surface area contributed by atoms with Gasteiger partial charge in [0.25, 0.3) is 0 Å².